The Bertz CT molecular complexity index is 694. The number of pyridine rings is 1. The van der Waals surface area contributed by atoms with Crippen molar-refractivity contribution in [1.29, 1.82) is 0 Å². The van der Waals surface area contributed by atoms with Gasteiger partial charge in [0.15, 0.2) is 5.82 Å². The van der Waals surface area contributed by atoms with Crippen LogP contribution >= 0.6 is 0 Å². The Balaban J connectivity index is 2.13. The molecule has 1 N–H and O–H groups in total. The summed E-state index contributed by atoms with van der Waals surface area (Å²) in [4.78, 5) is 13.0. The molecular weight excluding hydrogens is 224 g/mol. The van der Waals surface area contributed by atoms with Crippen molar-refractivity contribution in [2.24, 2.45) is 0 Å². The highest BCUT2D eigenvalue weighted by Crippen LogP contribution is 2.21. The van der Waals surface area contributed by atoms with Gasteiger partial charge in [-0.1, -0.05) is 6.07 Å². The summed E-state index contributed by atoms with van der Waals surface area (Å²) in [5.74, 6) is 1.53. The minimum atomic E-state index is 0.715. The summed E-state index contributed by atoms with van der Waals surface area (Å²) in [7, 11) is 1.84. The van der Waals surface area contributed by atoms with Crippen LogP contribution in [-0.2, 0) is 0 Å². The van der Waals surface area contributed by atoms with Gasteiger partial charge in [-0.05, 0) is 30.3 Å². The van der Waals surface area contributed by atoms with Crippen molar-refractivity contribution in [3.05, 3.63) is 48.8 Å². The molecule has 88 valence electrons. The summed E-state index contributed by atoms with van der Waals surface area (Å²) in [5, 5.41) is 4.10. The van der Waals surface area contributed by atoms with E-state index in [-0.39, 0.29) is 0 Å². The largest absolute Gasteiger partial charge is 0.373 e. The van der Waals surface area contributed by atoms with E-state index in [1.54, 1.807) is 12.4 Å². The maximum Gasteiger partial charge on any atom is 0.161 e. The van der Waals surface area contributed by atoms with Gasteiger partial charge in [0.05, 0.1) is 5.52 Å². The van der Waals surface area contributed by atoms with E-state index in [0.29, 0.717) is 5.82 Å². The molecule has 0 saturated carbocycles. The molecule has 4 nitrogen and oxygen atoms in total. The number of hydrogen-bond acceptors (Lipinski definition) is 4. The average molecular weight is 236 g/mol. The zero-order chi connectivity index (χ0) is 12.4. The summed E-state index contributed by atoms with van der Waals surface area (Å²) in [6.07, 6.45) is 3.54. The molecule has 4 heteroatoms. The second-order valence-corrected chi connectivity index (χ2v) is 3.93. The summed E-state index contributed by atoms with van der Waals surface area (Å²) < 4.78 is 0. The van der Waals surface area contributed by atoms with Crippen LogP contribution < -0.4 is 5.32 Å². The van der Waals surface area contributed by atoms with Crippen LogP contribution in [0, 0.1) is 0 Å². The molecule has 3 aromatic rings. The normalized spacial score (nSPS) is 10.5. The Morgan fingerprint density at radius 3 is 2.83 bits per heavy atom. The minimum Gasteiger partial charge on any atom is -0.373 e. The molecule has 18 heavy (non-hydrogen) atoms. The smallest absolute Gasteiger partial charge is 0.161 e. The van der Waals surface area contributed by atoms with E-state index in [1.165, 1.54) is 0 Å². The fourth-order valence-corrected chi connectivity index (χ4v) is 1.85. The van der Waals surface area contributed by atoms with Gasteiger partial charge in [-0.3, -0.25) is 4.98 Å². The van der Waals surface area contributed by atoms with Crippen LogP contribution in [0.5, 0.6) is 0 Å². The maximum absolute atomic E-state index is 4.43. The fraction of sp³-hybridized carbons (Fsp3) is 0.0714. The van der Waals surface area contributed by atoms with Crippen molar-refractivity contribution in [2.75, 3.05) is 12.4 Å². The SMILES string of the molecule is CNc1ccnc(-c2ccc3ncccc3c2)n1. The monoisotopic (exact) mass is 236 g/mol. The molecule has 0 spiro atoms. The molecule has 0 aliphatic rings. The number of rotatable bonds is 2. The van der Waals surface area contributed by atoms with E-state index in [4.69, 9.17) is 0 Å². The number of anilines is 1. The topological polar surface area (TPSA) is 50.7 Å². The quantitative estimate of drug-likeness (QED) is 0.743. The first-order valence-corrected chi connectivity index (χ1v) is 5.73. The highest BCUT2D eigenvalue weighted by Gasteiger charge is 2.03. The van der Waals surface area contributed by atoms with Gasteiger partial charge in [0.1, 0.15) is 5.82 Å². The Kier molecular flexibility index (Phi) is 2.61. The Labute approximate surface area is 105 Å². The van der Waals surface area contributed by atoms with Crippen LogP contribution in [0.1, 0.15) is 0 Å². The summed E-state index contributed by atoms with van der Waals surface area (Å²) in [6.45, 7) is 0. The Hall–Kier alpha value is -2.49. The lowest BCUT2D eigenvalue weighted by molar-refractivity contribution is 1.17. The van der Waals surface area contributed by atoms with Crippen LogP contribution in [0.2, 0.25) is 0 Å². The molecule has 0 aliphatic heterocycles. The molecule has 0 unspecified atom stereocenters. The van der Waals surface area contributed by atoms with Crippen molar-refractivity contribution in [3.8, 4) is 11.4 Å². The number of fused-ring (bicyclic) bond motifs is 1. The van der Waals surface area contributed by atoms with E-state index >= 15 is 0 Å². The third-order valence-corrected chi connectivity index (χ3v) is 2.77. The third kappa shape index (κ3) is 1.88. The summed E-state index contributed by atoms with van der Waals surface area (Å²) in [5.41, 5.74) is 1.97. The van der Waals surface area contributed by atoms with E-state index in [0.717, 1.165) is 22.3 Å². The highest BCUT2D eigenvalue weighted by atomic mass is 15.0. The van der Waals surface area contributed by atoms with E-state index in [2.05, 4.69) is 26.3 Å². The number of nitrogens with one attached hydrogen (secondary N) is 1. The first-order chi connectivity index (χ1) is 8.86. The zero-order valence-electron chi connectivity index (χ0n) is 9.96. The Morgan fingerprint density at radius 1 is 1.00 bits per heavy atom. The second kappa shape index (κ2) is 4.41. The molecule has 3 rings (SSSR count). The minimum absolute atomic E-state index is 0.715. The molecule has 0 aliphatic carbocycles. The van der Waals surface area contributed by atoms with Gasteiger partial charge >= 0.3 is 0 Å². The number of benzene rings is 1. The van der Waals surface area contributed by atoms with Gasteiger partial charge in [-0.15, -0.1) is 0 Å². The molecule has 0 atom stereocenters. The van der Waals surface area contributed by atoms with Gasteiger partial charge in [0.25, 0.3) is 0 Å². The maximum atomic E-state index is 4.43. The molecule has 0 bridgehead atoms. The average Bonchev–Trinajstić information content (AvgIpc) is 2.47. The van der Waals surface area contributed by atoms with Crippen molar-refractivity contribution in [3.63, 3.8) is 0 Å². The van der Waals surface area contributed by atoms with Gasteiger partial charge in [-0.25, -0.2) is 9.97 Å². The number of nitrogens with zero attached hydrogens (tertiary/aromatic N) is 3. The zero-order valence-corrected chi connectivity index (χ0v) is 9.96. The predicted octanol–water partition coefficient (Wildman–Crippen LogP) is 2.73. The molecule has 2 heterocycles. The lowest BCUT2D eigenvalue weighted by Gasteiger charge is -2.04. The van der Waals surface area contributed by atoms with Crippen LogP contribution in [0.25, 0.3) is 22.3 Å². The summed E-state index contributed by atoms with van der Waals surface area (Å²) in [6, 6.07) is 11.8. The summed E-state index contributed by atoms with van der Waals surface area (Å²) >= 11 is 0. The van der Waals surface area contributed by atoms with Crippen LogP contribution in [-0.4, -0.2) is 22.0 Å². The van der Waals surface area contributed by atoms with Gasteiger partial charge in [0.2, 0.25) is 0 Å². The standard InChI is InChI=1S/C14H12N4/c1-15-13-6-8-17-14(18-13)11-4-5-12-10(9-11)3-2-7-16-12/h2-9H,1H3,(H,15,17,18). The molecule has 0 amide bonds. The first-order valence-electron chi connectivity index (χ1n) is 5.73. The van der Waals surface area contributed by atoms with Gasteiger partial charge in [-0.2, -0.15) is 0 Å². The molecule has 0 saturated heterocycles. The molecule has 0 radical (unpaired) electrons. The van der Waals surface area contributed by atoms with Gasteiger partial charge in [0, 0.05) is 30.4 Å². The lowest BCUT2D eigenvalue weighted by Crippen LogP contribution is -1.95. The van der Waals surface area contributed by atoms with Crippen molar-refractivity contribution < 1.29 is 0 Å². The van der Waals surface area contributed by atoms with Crippen molar-refractivity contribution in [1.82, 2.24) is 15.0 Å². The van der Waals surface area contributed by atoms with E-state index in [9.17, 15) is 0 Å². The number of aromatic nitrogens is 3. The fourth-order valence-electron chi connectivity index (χ4n) is 1.85. The second-order valence-electron chi connectivity index (χ2n) is 3.93. The molecule has 0 fully saturated rings. The predicted molar refractivity (Wildman–Crippen MR) is 72.3 cm³/mol. The Morgan fingerprint density at radius 2 is 1.94 bits per heavy atom. The van der Waals surface area contributed by atoms with Crippen LogP contribution in [0.15, 0.2) is 48.8 Å². The van der Waals surface area contributed by atoms with Crippen molar-refractivity contribution in [2.45, 2.75) is 0 Å². The lowest BCUT2D eigenvalue weighted by atomic mass is 10.1. The molecule has 2 aromatic heterocycles. The van der Waals surface area contributed by atoms with Gasteiger partial charge < -0.3 is 5.32 Å². The van der Waals surface area contributed by atoms with E-state index in [1.807, 2.05) is 37.4 Å². The van der Waals surface area contributed by atoms with Crippen LogP contribution in [0.3, 0.4) is 0 Å². The molecule has 1 aromatic carbocycles. The first kappa shape index (κ1) is 10.7. The molecular formula is C14H12N4. The highest BCUT2D eigenvalue weighted by molar-refractivity contribution is 5.83. The number of hydrogen-bond donors (Lipinski definition) is 1. The third-order valence-electron chi connectivity index (χ3n) is 2.77. The van der Waals surface area contributed by atoms with Crippen LogP contribution in [0.4, 0.5) is 5.82 Å². The van der Waals surface area contributed by atoms with Crippen molar-refractivity contribution >= 4 is 16.7 Å². The van der Waals surface area contributed by atoms with E-state index < -0.39 is 0 Å².